The summed E-state index contributed by atoms with van der Waals surface area (Å²) in [5, 5.41) is 0. The summed E-state index contributed by atoms with van der Waals surface area (Å²) < 4.78 is 14.2. The molecule has 0 fully saturated rings. The number of nitrogens with zero attached hydrogens (tertiary/aromatic N) is 2. The van der Waals surface area contributed by atoms with E-state index in [1.165, 1.54) is 29.2 Å². The van der Waals surface area contributed by atoms with Crippen LogP contribution in [0.3, 0.4) is 0 Å². The summed E-state index contributed by atoms with van der Waals surface area (Å²) in [4.78, 5) is 30.4. The number of carbonyl (C=O) groups excluding carboxylic acids is 2. The Balaban J connectivity index is 1.94. The minimum absolute atomic E-state index is 0.00822. The molecular formula is C22H19BrFN3O2. The van der Waals surface area contributed by atoms with Crippen LogP contribution in [0.15, 0.2) is 65.1 Å². The molecule has 0 unspecified atom stereocenters. The highest BCUT2D eigenvalue weighted by atomic mass is 79.9. The number of primary amides is 1. The first-order valence-electron chi connectivity index (χ1n) is 8.94. The molecule has 148 valence electrons. The fraction of sp³-hybridized carbons (Fsp3) is 0.136. The van der Waals surface area contributed by atoms with Gasteiger partial charge >= 0.3 is 0 Å². The van der Waals surface area contributed by atoms with Crippen molar-refractivity contribution >= 4 is 33.4 Å². The highest BCUT2D eigenvalue weighted by Crippen LogP contribution is 2.24. The van der Waals surface area contributed by atoms with Crippen molar-refractivity contribution in [2.75, 3.05) is 11.4 Å². The molecule has 0 radical (unpaired) electrons. The molecule has 0 aliphatic carbocycles. The second kappa shape index (κ2) is 8.96. The molecule has 3 rings (SSSR count). The van der Waals surface area contributed by atoms with Crippen LogP contribution < -0.4 is 10.6 Å². The molecule has 2 N–H and O–H groups in total. The minimum atomic E-state index is -0.523. The Morgan fingerprint density at radius 3 is 2.45 bits per heavy atom. The van der Waals surface area contributed by atoms with E-state index in [1.54, 1.807) is 19.1 Å². The van der Waals surface area contributed by atoms with Crippen molar-refractivity contribution < 1.29 is 14.0 Å². The van der Waals surface area contributed by atoms with Gasteiger partial charge in [-0.05, 0) is 55.5 Å². The molecular weight excluding hydrogens is 437 g/mol. The maximum atomic E-state index is 13.3. The molecule has 0 bridgehead atoms. The number of anilines is 1. The van der Waals surface area contributed by atoms with Gasteiger partial charge < -0.3 is 10.6 Å². The molecule has 0 aliphatic heterocycles. The summed E-state index contributed by atoms with van der Waals surface area (Å²) in [5.41, 5.74) is 8.35. The van der Waals surface area contributed by atoms with E-state index in [9.17, 15) is 14.0 Å². The number of rotatable bonds is 6. The van der Waals surface area contributed by atoms with Crippen molar-refractivity contribution in [1.29, 1.82) is 0 Å². The fourth-order valence-corrected chi connectivity index (χ4v) is 3.33. The van der Waals surface area contributed by atoms with Gasteiger partial charge in [0.2, 0.25) is 5.91 Å². The molecule has 1 aromatic heterocycles. The Hall–Kier alpha value is -3.06. The van der Waals surface area contributed by atoms with E-state index in [-0.39, 0.29) is 18.9 Å². The summed E-state index contributed by atoms with van der Waals surface area (Å²) in [6.45, 7) is 1.85. The molecule has 0 aliphatic rings. The topological polar surface area (TPSA) is 76.3 Å². The lowest BCUT2D eigenvalue weighted by atomic mass is 10.1. The van der Waals surface area contributed by atoms with E-state index < -0.39 is 11.7 Å². The van der Waals surface area contributed by atoms with Crippen LogP contribution in [0.5, 0.6) is 0 Å². The SMILES string of the molecule is Cc1nc(-c2cccc(Br)c2)ccc1C(=O)N(CCC(N)=O)c1ccc(F)cc1. The minimum Gasteiger partial charge on any atom is -0.370 e. The monoisotopic (exact) mass is 455 g/mol. The van der Waals surface area contributed by atoms with Gasteiger partial charge in [0.15, 0.2) is 0 Å². The smallest absolute Gasteiger partial charge is 0.260 e. The highest BCUT2D eigenvalue weighted by molar-refractivity contribution is 9.10. The van der Waals surface area contributed by atoms with Crippen molar-refractivity contribution in [2.24, 2.45) is 5.73 Å². The molecule has 3 aromatic rings. The largest absolute Gasteiger partial charge is 0.370 e. The van der Waals surface area contributed by atoms with Crippen molar-refractivity contribution in [1.82, 2.24) is 4.98 Å². The molecule has 0 saturated heterocycles. The van der Waals surface area contributed by atoms with Crippen LogP contribution in [0.25, 0.3) is 11.3 Å². The van der Waals surface area contributed by atoms with Gasteiger partial charge in [-0.1, -0.05) is 28.1 Å². The normalized spacial score (nSPS) is 10.6. The summed E-state index contributed by atoms with van der Waals surface area (Å²) in [5.74, 6) is -1.26. The number of halogens is 2. The Morgan fingerprint density at radius 2 is 1.83 bits per heavy atom. The van der Waals surface area contributed by atoms with E-state index in [0.29, 0.717) is 16.9 Å². The molecule has 0 spiro atoms. The van der Waals surface area contributed by atoms with Crippen molar-refractivity contribution in [3.63, 3.8) is 0 Å². The highest BCUT2D eigenvalue weighted by Gasteiger charge is 2.21. The predicted octanol–water partition coefficient (Wildman–Crippen LogP) is 4.48. The molecule has 2 aromatic carbocycles. The van der Waals surface area contributed by atoms with Crippen molar-refractivity contribution in [3.8, 4) is 11.3 Å². The molecule has 2 amide bonds. The van der Waals surface area contributed by atoms with Crippen LogP contribution in [0.1, 0.15) is 22.5 Å². The standard InChI is InChI=1S/C22H19BrFN3O2/c1-14-19(9-10-20(26-14)15-3-2-4-16(23)13-15)22(29)27(12-11-21(25)28)18-7-5-17(24)6-8-18/h2-10,13H,11-12H2,1H3,(H2,25,28). The van der Waals surface area contributed by atoms with E-state index in [1.807, 2.05) is 24.3 Å². The van der Waals surface area contributed by atoms with Gasteiger partial charge in [0.05, 0.1) is 17.0 Å². The van der Waals surface area contributed by atoms with Crippen LogP contribution in [-0.4, -0.2) is 23.3 Å². The Morgan fingerprint density at radius 1 is 1.10 bits per heavy atom. The van der Waals surface area contributed by atoms with Gasteiger partial charge in [-0.2, -0.15) is 0 Å². The molecule has 1 heterocycles. The van der Waals surface area contributed by atoms with Gasteiger partial charge in [0.1, 0.15) is 5.82 Å². The average molecular weight is 456 g/mol. The van der Waals surface area contributed by atoms with E-state index >= 15 is 0 Å². The van der Waals surface area contributed by atoms with Crippen LogP contribution in [0, 0.1) is 12.7 Å². The first-order valence-corrected chi connectivity index (χ1v) is 9.74. The Kier molecular flexibility index (Phi) is 6.39. The van der Waals surface area contributed by atoms with Crippen molar-refractivity contribution in [2.45, 2.75) is 13.3 Å². The number of hydrogen-bond acceptors (Lipinski definition) is 3. The number of carbonyl (C=O) groups is 2. The average Bonchev–Trinajstić information content (AvgIpc) is 2.69. The summed E-state index contributed by atoms with van der Waals surface area (Å²) in [6.07, 6.45) is -0.00822. The zero-order chi connectivity index (χ0) is 21.0. The van der Waals surface area contributed by atoms with Crippen LogP contribution in [0.2, 0.25) is 0 Å². The number of aryl methyl sites for hydroxylation is 1. The maximum Gasteiger partial charge on any atom is 0.260 e. The summed E-state index contributed by atoms with van der Waals surface area (Å²) in [6, 6.07) is 16.7. The van der Waals surface area contributed by atoms with Crippen LogP contribution >= 0.6 is 15.9 Å². The second-order valence-corrected chi connectivity index (χ2v) is 7.41. The first kappa shape index (κ1) is 20.7. The fourth-order valence-electron chi connectivity index (χ4n) is 2.93. The number of hydrogen-bond donors (Lipinski definition) is 1. The van der Waals surface area contributed by atoms with Gasteiger partial charge in [0, 0.05) is 28.7 Å². The summed E-state index contributed by atoms with van der Waals surface area (Å²) in [7, 11) is 0. The summed E-state index contributed by atoms with van der Waals surface area (Å²) >= 11 is 3.44. The number of amides is 2. The number of nitrogens with two attached hydrogens (primary N) is 1. The van der Waals surface area contributed by atoms with E-state index in [4.69, 9.17) is 5.73 Å². The van der Waals surface area contributed by atoms with Gasteiger partial charge in [-0.3, -0.25) is 14.6 Å². The molecule has 7 heteroatoms. The maximum absolute atomic E-state index is 13.3. The lowest BCUT2D eigenvalue weighted by Gasteiger charge is -2.23. The predicted molar refractivity (Wildman–Crippen MR) is 114 cm³/mol. The van der Waals surface area contributed by atoms with Gasteiger partial charge in [-0.25, -0.2) is 4.39 Å². The van der Waals surface area contributed by atoms with E-state index in [2.05, 4.69) is 20.9 Å². The first-order chi connectivity index (χ1) is 13.8. The van der Waals surface area contributed by atoms with Crippen LogP contribution in [-0.2, 0) is 4.79 Å². The molecule has 29 heavy (non-hydrogen) atoms. The van der Waals surface area contributed by atoms with Gasteiger partial charge in [-0.15, -0.1) is 0 Å². The molecule has 5 nitrogen and oxygen atoms in total. The zero-order valence-corrected chi connectivity index (χ0v) is 17.3. The lowest BCUT2D eigenvalue weighted by Crippen LogP contribution is -2.34. The van der Waals surface area contributed by atoms with Crippen LogP contribution in [0.4, 0.5) is 10.1 Å². The van der Waals surface area contributed by atoms with Crippen molar-refractivity contribution in [3.05, 3.63) is 82.2 Å². The Labute approximate surface area is 176 Å². The molecule has 0 saturated carbocycles. The zero-order valence-electron chi connectivity index (χ0n) is 15.7. The second-order valence-electron chi connectivity index (χ2n) is 6.49. The third-order valence-electron chi connectivity index (χ3n) is 4.40. The quantitative estimate of drug-likeness (QED) is 0.594. The third-order valence-corrected chi connectivity index (χ3v) is 4.90. The number of pyridine rings is 1. The third kappa shape index (κ3) is 5.06. The molecule has 0 atom stereocenters. The number of aromatic nitrogens is 1. The lowest BCUT2D eigenvalue weighted by molar-refractivity contribution is -0.117. The van der Waals surface area contributed by atoms with E-state index in [0.717, 1.165) is 15.7 Å². The number of benzene rings is 2. The van der Waals surface area contributed by atoms with Gasteiger partial charge in [0.25, 0.3) is 5.91 Å². The Bertz CT molecular complexity index is 1050.